The summed E-state index contributed by atoms with van der Waals surface area (Å²) in [6.45, 7) is 0. The van der Waals surface area contributed by atoms with E-state index in [4.69, 9.17) is 23.8 Å². The van der Waals surface area contributed by atoms with E-state index in [1.54, 1.807) is 4.73 Å². The Balaban J connectivity index is 0.000000221. The van der Waals surface area contributed by atoms with Gasteiger partial charge in [0.2, 0.25) is 0 Å². The van der Waals surface area contributed by atoms with Crippen molar-refractivity contribution < 1.29 is 53.8 Å². The molecule has 0 unspecified atom stereocenters. The van der Waals surface area contributed by atoms with Crippen molar-refractivity contribution in [1.82, 2.24) is 19.7 Å². The summed E-state index contributed by atoms with van der Waals surface area (Å²) < 4.78 is 19.4. The predicted molar refractivity (Wildman–Crippen MR) is 276 cm³/mol. The molecule has 11 rings (SSSR count). The van der Waals surface area contributed by atoms with E-state index < -0.39 is 0 Å². The quantitative estimate of drug-likeness (QED) is 0.0558. The first-order chi connectivity index (χ1) is 32.2. The van der Waals surface area contributed by atoms with Crippen molar-refractivity contribution >= 4 is 34.1 Å². The molecule has 11 aromatic rings. The smallest absolute Gasteiger partial charge is 0.870 e. The summed E-state index contributed by atoms with van der Waals surface area (Å²) in [7, 11) is 0. The van der Waals surface area contributed by atoms with Gasteiger partial charge in [0.05, 0.1) is 18.2 Å². The minimum atomic E-state index is 0. The number of aromatic amines is 1. The van der Waals surface area contributed by atoms with Crippen LogP contribution in [-0.2, 0) is 4.33 Å². The second-order valence-corrected chi connectivity index (χ2v) is 15.7. The Morgan fingerprint density at radius 2 is 0.899 bits per heavy atom. The van der Waals surface area contributed by atoms with Gasteiger partial charge < -0.3 is 19.9 Å². The number of hydrogen-bond donors (Lipinski definition) is 1. The van der Waals surface area contributed by atoms with Gasteiger partial charge in [-0.05, 0) is 71.8 Å². The first-order valence-corrected chi connectivity index (χ1v) is 21.8. The molecule has 7 aromatic carbocycles. The molecule has 0 aliphatic heterocycles. The Hall–Kier alpha value is -7.41. The molecule has 0 atom stereocenters. The van der Waals surface area contributed by atoms with E-state index in [1.807, 2.05) is 183 Å². The van der Waals surface area contributed by atoms with E-state index in [0.717, 1.165) is 95.3 Å². The van der Waals surface area contributed by atoms with Crippen molar-refractivity contribution in [2.45, 2.75) is 19.7 Å². The van der Waals surface area contributed by atoms with E-state index in [9.17, 15) is 0 Å². The number of fused-ring (bicyclic) bond motifs is 2. The maximum absolute atomic E-state index is 6.21. The van der Waals surface area contributed by atoms with Crippen LogP contribution in [0.4, 0.5) is 0 Å². The number of aromatic nitrogens is 4. The molecule has 0 fully saturated rings. The summed E-state index contributed by atoms with van der Waals surface area (Å²) in [4.78, 5) is 19.3. The first-order valence-electron chi connectivity index (χ1n) is 21.0. The van der Waals surface area contributed by atoms with Crippen LogP contribution in [0.2, 0.25) is 0 Å². The monoisotopic (exact) mass is 936 g/mol. The zero-order valence-electron chi connectivity index (χ0n) is 36.3. The zero-order valence-corrected chi connectivity index (χ0v) is 39.2. The third-order valence-electron chi connectivity index (χ3n) is 10.6. The van der Waals surface area contributed by atoms with Crippen LogP contribution in [0, 0.1) is 0 Å². The second-order valence-electron chi connectivity index (χ2n) is 14.9. The van der Waals surface area contributed by atoms with Crippen molar-refractivity contribution in [1.29, 1.82) is 0 Å². The molecule has 0 aliphatic carbocycles. The third kappa shape index (κ3) is 12.0. The number of H-pyrrole nitrogens is 1. The average molecular weight is 937 g/mol. The number of nitrogens with zero attached hydrogens (tertiary/aromatic N) is 3. The molecule has 0 aliphatic rings. The fourth-order valence-electron chi connectivity index (χ4n) is 7.52. The Labute approximate surface area is 429 Å². The normalized spacial score (nSPS) is 10.3. The van der Waals surface area contributed by atoms with Gasteiger partial charge in [0.1, 0.15) is 28.6 Å². The molecule has 0 saturated heterocycles. The van der Waals surface area contributed by atoms with Crippen LogP contribution < -0.4 is 44.0 Å². The fraction of sp³-hybridized carbons (Fsp3) is 0.0345. The fourth-order valence-corrected chi connectivity index (χ4v) is 7.96. The van der Waals surface area contributed by atoms with Gasteiger partial charge in [-0.25, -0.2) is 15.0 Å². The van der Waals surface area contributed by atoms with Gasteiger partial charge in [0, 0.05) is 67.6 Å². The average Bonchev–Trinajstić information content (AvgIpc) is 3.97. The van der Waals surface area contributed by atoms with Crippen LogP contribution in [0.1, 0.15) is 14.9 Å². The van der Waals surface area contributed by atoms with E-state index >= 15 is 0 Å². The summed E-state index contributed by atoms with van der Waals surface area (Å²) in [5, 5.41) is 2.03. The molecule has 9 nitrogen and oxygen atoms in total. The number of hydrogen-bond acceptors (Lipinski definition) is 8. The van der Waals surface area contributed by atoms with Gasteiger partial charge in [-0.15, -0.1) is 4.73 Å². The number of pyridine rings is 2. The largest absolute Gasteiger partial charge is 1.00 e. The van der Waals surface area contributed by atoms with E-state index in [1.165, 1.54) is 5.56 Å². The van der Waals surface area contributed by atoms with Crippen molar-refractivity contribution in [3.8, 4) is 67.5 Å². The standard InChI is InChI=1S/C31H22N2O3S.C25H18N2O.2CH4.Na.H2O/c1-4-12-23(13-5-1)29-22-33(35-36-37-26-16-8-3-9-17-26)31-28(29)20-24(21-32-31)27-18-10-11-19-30(27)34-25-14-6-2-7-15-25;1-3-9-18(10-4-1)23-17-27-25-22(23)15-19(16-26-25)21-13-7-8-14-24(21)28-20-11-5-2-6-12-20;;;;/h1-22H;1-17H,(H,26,27);2*1H4;;1H2/q;;;;+1;/p-1. The van der Waals surface area contributed by atoms with Crippen LogP contribution in [0.25, 0.3) is 66.6 Å². The Bertz CT molecular complexity index is 3300. The minimum Gasteiger partial charge on any atom is -0.870 e. The number of nitrogens with one attached hydrogen (secondary N) is 1. The summed E-state index contributed by atoms with van der Waals surface area (Å²) >= 11 is 1.14. The number of para-hydroxylation sites is 4. The van der Waals surface area contributed by atoms with Crippen molar-refractivity contribution in [3.63, 3.8) is 0 Å². The van der Waals surface area contributed by atoms with Crippen molar-refractivity contribution in [3.05, 3.63) is 237 Å². The molecule has 338 valence electrons. The predicted octanol–water partition coefficient (Wildman–Crippen LogP) is 13.0. The van der Waals surface area contributed by atoms with Crippen molar-refractivity contribution in [2.24, 2.45) is 0 Å². The molecule has 2 N–H and O–H groups in total. The molecule has 0 amide bonds. The summed E-state index contributed by atoms with van der Waals surface area (Å²) in [6, 6.07) is 70.2. The van der Waals surface area contributed by atoms with Crippen LogP contribution in [0.3, 0.4) is 0 Å². The number of benzene rings is 7. The molecule has 11 heteroatoms. The molecule has 4 aromatic heterocycles. The molecule has 0 saturated carbocycles. The molecule has 0 radical (unpaired) electrons. The van der Waals surface area contributed by atoms with Gasteiger partial charge in [-0.2, -0.15) is 0 Å². The molecule has 0 spiro atoms. The maximum Gasteiger partial charge on any atom is 1.00 e. The van der Waals surface area contributed by atoms with Crippen LogP contribution in [-0.4, -0.2) is 25.2 Å². The third-order valence-corrected chi connectivity index (χ3v) is 11.2. The zero-order chi connectivity index (χ0) is 43.6. The van der Waals surface area contributed by atoms with Crippen LogP contribution in [0.15, 0.2) is 242 Å². The Morgan fingerprint density at radius 1 is 0.449 bits per heavy atom. The molecule has 69 heavy (non-hydrogen) atoms. The molecular formula is C58H49N4NaO5S. The maximum atomic E-state index is 6.21. The molecular weight excluding hydrogens is 888 g/mol. The Morgan fingerprint density at radius 3 is 1.45 bits per heavy atom. The second kappa shape index (κ2) is 24.6. The first kappa shape index (κ1) is 51.0. The SMILES string of the molecule is C.C.[Na+].[OH-].c1ccc(Oc2ccccc2-c2cnc3[nH]cc(-c4ccccc4)c3c2)cc1.c1ccc(Oc2ccccc2-c2cnc3c(c2)c(-c2ccccc2)cn3OOSc2ccccc2)cc1. The van der Waals surface area contributed by atoms with Gasteiger partial charge in [0.25, 0.3) is 0 Å². The van der Waals surface area contributed by atoms with E-state index in [0.29, 0.717) is 5.65 Å². The number of ether oxygens (including phenoxy) is 2. The van der Waals surface area contributed by atoms with E-state index in [-0.39, 0.29) is 49.9 Å². The van der Waals surface area contributed by atoms with Gasteiger partial charge >= 0.3 is 29.6 Å². The molecule has 4 heterocycles. The minimum absolute atomic E-state index is 0. The molecule has 0 bridgehead atoms. The van der Waals surface area contributed by atoms with Gasteiger partial charge in [0.15, 0.2) is 5.65 Å². The topological polar surface area (TPSA) is 113 Å². The number of rotatable bonds is 12. The van der Waals surface area contributed by atoms with Crippen LogP contribution in [0.5, 0.6) is 23.0 Å². The van der Waals surface area contributed by atoms with Crippen LogP contribution >= 0.6 is 12.0 Å². The summed E-state index contributed by atoms with van der Waals surface area (Å²) in [5.41, 5.74) is 9.81. The Kier molecular flexibility index (Phi) is 18.2. The van der Waals surface area contributed by atoms with Crippen molar-refractivity contribution in [2.75, 3.05) is 0 Å². The van der Waals surface area contributed by atoms with Gasteiger partial charge in [-0.1, -0.05) is 171 Å². The summed E-state index contributed by atoms with van der Waals surface area (Å²) in [5.74, 6) is 3.17. The van der Waals surface area contributed by atoms with Gasteiger partial charge in [-0.3, -0.25) is 0 Å². The van der Waals surface area contributed by atoms with E-state index in [2.05, 4.69) is 64.6 Å². The summed E-state index contributed by atoms with van der Waals surface area (Å²) in [6.07, 6.45) is 7.63.